The average Bonchev–Trinajstić information content (AvgIpc) is 2.73. The number of para-hydroxylation sites is 1. The molecule has 5 nitrogen and oxygen atoms in total. The average molecular weight is 362 g/mol. The van der Waals surface area contributed by atoms with Gasteiger partial charge in [-0.2, -0.15) is 0 Å². The summed E-state index contributed by atoms with van der Waals surface area (Å²) in [5.41, 5.74) is 3.20. The minimum absolute atomic E-state index is 0.256. The molecule has 3 aromatic rings. The van der Waals surface area contributed by atoms with Gasteiger partial charge in [0.15, 0.2) is 5.82 Å². The SMILES string of the molecule is CCc1cc(N(C)[C@H](C)Cc2ccccc2OC)nc(-c2ccncc2)n1. The number of hydrogen-bond acceptors (Lipinski definition) is 5. The smallest absolute Gasteiger partial charge is 0.161 e. The molecule has 0 spiro atoms. The zero-order valence-electron chi connectivity index (χ0n) is 16.4. The Morgan fingerprint density at radius 2 is 1.81 bits per heavy atom. The van der Waals surface area contributed by atoms with E-state index in [4.69, 9.17) is 9.72 Å². The van der Waals surface area contributed by atoms with Gasteiger partial charge >= 0.3 is 0 Å². The van der Waals surface area contributed by atoms with Gasteiger partial charge in [0, 0.05) is 42.8 Å². The lowest BCUT2D eigenvalue weighted by molar-refractivity contribution is 0.408. The van der Waals surface area contributed by atoms with Crippen molar-refractivity contribution in [2.24, 2.45) is 0 Å². The highest BCUT2D eigenvalue weighted by atomic mass is 16.5. The van der Waals surface area contributed by atoms with E-state index < -0.39 is 0 Å². The molecule has 27 heavy (non-hydrogen) atoms. The molecule has 0 saturated carbocycles. The molecule has 0 amide bonds. The normalized spacial score (nSPS) is 11.9. The molecule has 0 fully saturated rings. The van der Waals surface area contributed by atoms with Crippen LogP contribution in [0, 0.1) is 0 Å². The second-order valence-electron chi connectivity index (χ2n) is 6.61. The number of benzene rings is 1. The number of nitrogens with zero attached hydrogens (tertiary/aromatic N) is 4. The van der Waals surface area contributed by atoms with E-state index in [1.165, 1.54) is 5.56 Å². The molecule has 1 atom stereocenters. The Morgan fingerprint density at radius 1 is 1.07 bits per heavy atom. The van der Waals surface area contributed by atoms with Crippen molar-refractivity contribution in [3.63, 3.8) is 0 Å². The summed E-state index contributed by atoms with van der Waals surface area (Å²) < 4.78 is 5.50. The van der Waals surface area contributed by atoms with Gasteiger partial charge in [-0.3, -0.25) is 4.98 Å². The second kappa shape index (κ2) is 8.62. The molecule has 0 radical (unpaired) electrons. The van der Waals surface area contributed by atoms with Gasteiger partial charge in [-0.1, -0.05) is 25.1 Å². The summed E-state index contributed by atoms with van der Waals surface area (Å²) >= 11 is 0. The summed E-state index contributed by atoms with van der Waals surface area (Å²) in [6.45, 7) is 4.31. The summed E-state index contributed by atoms with van der Waals surface area (Å²) in [4.78, 5) is 15.8. The molecule has 2 aromatic heterocycles. The van der Waals surface area contributed by atoms with Crippen molar-refractivity contribution in [3.8, 4) is 17.1 Å². The van der Waals surface area contributed by atoms with Crippen molar-refractivity contribution in [1.82, 2.24) is 15.0 Å². The highest BCUT2D eigenvalue weighted by Gasteiger charge is 2.16. The number of hydrogen-bond donors (Lipinski definition) is 0. The molecular weight excluding hydrogens is 336 g/mol. The maximum absolute atomic E-state index is 5.50. The van der Waals surface area contributed by atoms with Crippen LogP contribution in [-0.2, 0) is 12.8 Å². The summed E-state index contributed by atoms with van der Waals surface area (Å²) in [6.07, 6.45) is 5.27. The quantitative estimate of drug-likeness (QED) is 0.631. The zero-order valence-corrected chi connectivity index (χ0v) is 16.4. The minimum atomic E-state index is 0.256. The Balaban J connectivity index is 1.88. The minimum Gasteiger partial charge on any atom is -0.496 e. The predicted octanol–water partition coefficient (Wildman–Crippen LogP) is 4.18. The Bertz CT molecular complexity index is 882. The topological polar surface area (TPSA) is 51.1 Å². The standard InChI is InChI=1S/C22H26N4O/c1-5-19-15-21(25-22(24-19)17-10-12-23-13-11-17)26(3)16(2)14-18-8-6-7-9-20(18)27-4/h6-13,15-16H,5,14H2,1-4H3/t16-/m1/s1. The first kappa shape index (κ1) is 18.8. The molecular formula is C22H26N4O. The van der Waals surface area contributed by atoms with Crippen molar-refractivity contribution in [1.29, 1.82) is 0 Å². The number of likely N-dealkylation sites (N-methyl/N-ethyl adjacent to an activating group) is 1. The number of ether oxygens (including phenoxy) is 1. The van der Waals surface area contributed by atoms with E-state index in [1.54, 1.807) is 19.5 Å². The van der Waals surface area contributed by atoms with Crippen molar-refractivity contribution in [3.05, 3.63) is 66.1 Å². The van der Waals surface area contributed by atoms with Gasteiger partial charge in [0.25, 0.3) is 0 Å². The molecule has 0 N–H and O–H groups in total. The van der Waals surface area contributed by atoms with E-state index in [2.05, 4.69) is 47.9 Å². The molecule has 0 aliphatic carbocycles. The summed E-state index contributed by atoms with van der Waals surface area (Å²) in [6, 6.07) is 14.4. The Kier molecular flexibility index (Phi) is 6.01. The van der Waals surface area contributed by atoms with Crippen LogP contribution < -0.4 is 9.64 Å². The molecule has 0 aliphatic rings. The molecule has 0 aliphatic heterocycles. The first-order chi connectivity index (χ1) is 13.1. The number of methoxy groups -OCH3 is 1. The monoisotopic (exact) mass is 362 g/mol. The number of aromatic nitrogens is 3. The van der Waals surface area contributed by atoms with Crippen molar-refractivity contribution >= 4 is 5.82 Å². The van der Waals surface area contributed by atoms with E-state index in [0.29, 0.717) is 0 Å². The third kappa shape index (κ3) is 4.42. The van der Waals surface area contributed by atoms with Gasteiger partial charge in [0.2, 0.25) is 0 Å². The maximum Gasteiger partial charge on any atom is 0.161 e. The van der Waals surface area contributed by atoms with Gasteiger partial charge in [-0.25, -0.2) is 9.97 Å². The fourth-order valence-electron chi connectivity index (χ4n) is 3.03. The second-order valence-corrected chi connectivity index (χ2v) is 6.61. The number of aryl methyl sites for hydroxylation is 1. The Morgan fingerprint density at radius 3 is 2.52 bits per heavy atom. The van der Waals surface area contributed by atoms with Crippen LogP contribution in [0.1, 0.15) is 25.1 Å². The van der Waals surface area contributed by atoms with Crippen LogP contribution in [0.5, 0.6) is 5.75 Å². The fourth-order valence-corrected chi connectivity index (χ4v) is 3.03. The predicted molar refractivity (Wildman–Crippen MR) is 109 cm³/mol. The fraction of sp³-hybridized carbons (Fsp3) is 0.318. The lowest BCUT2D eigenvalue weighted by Crippen LogP contribution is -2.31. The van der Waals surface area contributed by atoms with Gasteiger partial charge in [0.05, 0.1) is 7.11 Å². The van der Waals surface area contributed by atoms with E-state index >= 15 is 0 Å². The van der Waals surface area contributed by atoms with Crippen molar-refractivity contribution in [2.75, 3.05) is 19.1 Å². The third-order valence-corrected chi connectivity index (χ3v) is 4.80. The molecule has 0 saturated heterocycles. The molecule has 0 unspecified atom stereocenters. The molecule has 5 heteroatoms. The van der Waals surface area contributed by atoms with Crippen LogP contribution in [0.25, 0.3) is 11.4 Å². The van der Waals surface area contributed by atoms with E-state index in [0.717, 1.165) is 41.5 Å². The van der Waals surface area contributed by atoms with Crippen LogP contribution in [0.4, 0.5) is 5.82 Å². The lowest BCUT2D eigenvalue weighted by atomic mass is 10.0. The van der Waals surface area contributed by atoms with Gasteiger partial charge < -0.3 is 9.64 Å². The molecule has 140 valence electrons. The number of anilines is 1. The highest BCUT2D eigenvalue weighted by molar-refractivity contribution is 5.57. The van der Waals surface area contributed by atoms with E-state index in [9.17, 15) is 0 Å². The van der Waals surface area contributed by atoms with Gasteiger partial charge in [-0.15, -0.1) is 0 Å². The van der Waals surface area contributed by atoms with E-state index in [-0.39, 0.29) is 6.04 Å². The molecule has 3 rings (SSSR count). The van der Waals surface area contributed by atoms with Gasteiger partial charge in [0.1, 0.15) is 11.6 Å². The Labute approximate surface area is 161 Å². The molecule has 0 bridgehead atoms. The number of pyridine rings is 1. The summed E-state index contributed by atoms with van der Waals surface area (Å²) in [5, 5.41) is 0. The highest BCUT2D eigenvalue weighted by Crippen LogP contribution is 2.24. The largest absolute Gasteiger partial charge is 0.496 e. The lowest BCUT2D eigenvalue weighted by Gasteiger charge is -2.27. The van der Waals surface area contributed by atoms with Crippen molar-refractivity contribution in [2.45, 2.75) is 32.7 Å². The van der Waals surface area contributed by atoms with Crippen LogP contribution in [-0.4, -0.2) is 35.2 Å². The first-order valence-electron chi connectivity index (χ1n) is 9.25. The first-order valence-corrected chi connectivity index (χ1v) is 9.25. The van der Waals surface area contributed by atoms with Crippen LogP contribution in [0.2, 0.25) is 0 Å². The third-order valence-electron chi connectivity index (χ3n) is 4.80. The summed E-state index contributed by atoms with van der Waals surface area (Å²) in [7, 11) is 3.80. The van der Waals surface area contributed by atoms with Gasteiger partial charge in [-0.05, 0) is 43.5 Å². The van der Waals surface area contributed by atoms with Crippen LogP contribution in [0.3, 0.4) is 0 Å². The molecule has 2 heterocycles. The zero-order chi connectivity index (χ0) is 19.2. The van der Waals surface area contributed by atoms with Crippen LogP contribution >= 0.6 is 0 Å². The van der Waals surface area contributed by atoms with E-state index in [1.807, 2.05) is 30.3 Å². The Hall–Kier alpha value is -2.95. The molecule has 1 aromatic carbocycles. The number of rotatable bonds is 7. The summed E-state index contributed by atoms with van der Waals surface area (Å²) in [5.74, 6) is 2.59. The van der Waals surface area contributed by atoms with Crippen molar-refractivity contribution < 1.29 is 4.74 Å². The maximum atomic E-state index is 5.50. The van der Waals surface area contributed by atoms with Crippen LogP contribution in [0.15, 0.2) is 54.9 Å².